The van der Waals surface area contributed by atoms with Gasteiger partial charge in [-0.1, -0.05) is 40.8 Å². The number of rotatable bonds is 7. The molecule has 154 valence electrons. The van der Waals surface area contributed by atoms with E-state index >= 15 is 0 Å². The largest absolute Gasteiger partial charge is 0.325 e. The summed E-state index contributed by atoms with van der Waals surface area (Å²) in [6.07, 6.45) is 0. The van der Waals surface area contributed by atoms with Gasteiger partial charge in [0.25, 0.3) is 0 Å². The number of anilines is 3. The lowest BCUT2D eigenvalue weighted by atomic mass is 10.1. The first-order valence-electron chi connectivity index (χ1n) is 8.91. The van der Waals surface area contributed by atoms with E-state index in [1.54, 1.807) is 24.3 Å². The summed E-state index contributed by atoms with van der Waals surface area (Å²) in [6.45, 7) is 3.45. The van der Waals surface area contributed by atoms with E-state index in [1.807, 2.05) is 31.2 Å². The van der Waals surface area contributed by atoms with Crippen LogP contribution < -0.4 is 16.0 Å². The number of hydrogen-bond acceptors (Lipinski definition) is 7. The van der Waals surface area contributed by atoms with Gasteiger partial charge in [0.2, 0.25) is 11.0 Å². The fourth-order valence-corrected chi connectivity index (χ4v) is 3.87. The Hall–Kier alpha value is -3.24. The predicted octanol–water partition coefficient (Wildman–Crippen LogP) is 4.42. The lowest BCUT2D eigenvalue weighted by Crippen LogP contribution is -2.19. The second kappa shape index (κ2) is 9.99. The van der Waals surface area contributed by atoms with Gasteiger partial charge in [-0.05, 0) is 50.2 Å². The third-order valence-corrected chi connectivity index (χ3v) is 5.81. The first kappa shape index (κ1) is 21.5. The summed E-state index contributed by atoms with van der Waals surface area (Å²) < 4.78 is 0.558. The zero-order valence-electron chi connectivity index (χ0n) is 16.3. The van der Waals surface area contributed by atoms with Gasteiger partial charge in [0.05, 0.1) is 5.75 Å². The molecule has 0 unspecified atom stereocenters. The molecule has 10 heteroatoms. The molecule has 0 atom stereocenters. The highest BCUT2D eigenvalue weighted by Crippen LogP contribution is 2.25. The van der Waals surface area contributed by atoms with Crippen LogP contribution in [0.3, 0.4) is 0 Å². The Morgan fingerprint density at radius 2 is 1.53 bits per heavy atom. The normalized spacial score (nSPS) is 10.3. The average Bonchev–Trinajstić information content (AvgIpc) is 3.16. The number of urea groups is 1. The van der Waals surface area contributed by atoms with Crippen LogP contribution in [0.5, 0.6) is 0 Å². The van der Waals surface area contributed by atoms with Gasteiger partial charge in [-0.3, -0.25) is 14.9 Å². The minimum Gasteiger partial charge on any atom is -0.325 e. The van der Waals surface area contributed by atoms with Gasteiger partial charge < -0.3 is 10.6 Å². The maximum Gasteiger partial charge on any atom is 0.325 e. The summed E-state index contributed by atoms with van der Waals surface area (Å²) in [5.74, 6) is -0.104. The van der Waals surface area contributed by atoms with Crippen molar-refractivity contribution >= 4 is 57.3 Å². The minimum atomic E-state index is -0.418. The van der Waals surface area contributed by atoms with E-state index in [0.717, 1.165) is 5.56 Å². The summed E-state index contributed by atoms with van der Waals surface area (Å²) in [4.78, 5) is 35.4. The number of carbonyl (C=O) groups is 3. The summed E-state index contributed by atoms with van der Waals surface area (Å²) in [6, 6.07) is 13.7. The molecule has 8 nitrogen and oxygen atoms in total. The number of amides is 3. The second-order valence-electron chi connectivity index (χ2n) is 6.29. The predicted molar refractivity (Wildman–Crippen MR) is 120 cm³/mol. The molecular weight excluding hydrogens is 422 g/mol. The van der Waals surface area contributed by atoms with Crippen LogP contribution in [-0.4, -0.2) is 33.7 Å². The summed E-state index contributed by atoms with van der Waals surface area (Å²) >= 11 is 2.40. The second-order valence-corrected chi connectivity index (χ2v) is 8.49. The van der Waals surface area contributed by atoms with E-state index < -0.39 is 6.03 Å². The van der Waals surface area contributed by atoms with E-state index in [-0.39, 0.29) is 17.4 Å². The van der Waals surface area contributed by atoms with Gasteiger partial charge in [-0.15, -0.1) is 10.2 Å². The highest BCUT2D eigenvalue weighted by Gasteiger charge is 2.11. The van der Waals surface area contributed by atoms with Crippen molar-refractivity contribution in [1.29, 1.82) is 0 Å². The highest BCUT2D eigenvalue weighted by atomic mass is 32.2. The molecule has 2 aromatic carbocycles. The molecule has 3 N–H and O–H groups in total. The smallest absolute Gasteiger partial charge is 0.325 e. The highest BCUT2D eigenvalue weighted by molar-refractivity contribution is 8.01. The molecule has 3 amide bonds. The quantitative estimate of drug-likeness (QED) is 0.284. The Morgan fingerprint density at radius 3 is 2.20 bits per heavy atom. The topological polar surface area (TPSA) is 113 Å². The molecule has 3 rings (SSSR count). The number of aromatic nitrogens is 2. The molecule has 1 aromatic heterocycles. The van der Waals surface area contributed by atoms with Crippen LogP contribution in [0.2, 0.25) is 0 Å². The zero-order chi connectivity index (χ0) is 21.5. The van der Waals surface area contributed by atoms with Crippen molar-refractivity contribution in [1.82, 2.24) is 10.2 Å². The fraction of sp³-hybridized carbons (Fsp3) is 0.150. The number of nitrogens with one attached hydrogen (secondary N) is 3. The van der Waals surface area contributed by atoms with Gasteiger partial charge >= 0.3 is 6.03 Å². The number of thioether (sulfide) groups is 1. The Balaban J connectivity index is 1.45. The maximum absolute atomic E-state index is 12.1. The number of benzene rings is 2. The van der Waals surface area contributed by atoms with E-state index in [2.05, 4.69) is 26.1 Å². The Morgan fingerprint density at radius 1 is 0.900 bits per heavy atom. The number of ketones is 1. The van der Waals surface area contributed by atoms with Crippen LogP contribution in [0, 0.1) is 6.92 Å². The molecule has 1 heterocycles. The summed E-state index contributed by atoms with van der Waals surface area (Å²) in [7, 11) is 0. The van der Waals surface area contributed by atoms with Crippen molar-refractivity contribution in [3.63, 3.8) is 0 Å². The van der Waals surface area contributed by atoms with E-state index in [0.29, 0.717) is 26.4 Å². The summed E-state index contributed by atoms with van der Waals surface area (Å²) in [5.41, 5.74) is 2.97. The van der Waals surface area contributed by atoms with Gasteiger partial charge in [0, 0.05) is 16.9 Å². The maximum atomic E-state index is 12.1. The zero-order valence-corrected chi connectivity index (χ0v) is 17.9. The van der Waals surface area contributed by atoms with Gasteiger partial charge in [-0.2, -0.15) is 0 Å². The first-order chi connectivity index (χ1) is 14.4. The Labute approximate surface area is 181 Å². The number of aryl methyl sites for hydroxylation is 1. The monoisotopic (exact) mass is 441 g/mol. The SMILES string of the molecule is CC(=O)c1ccc(NC(=O)CSc2nnc(NC(=O)Nc3ccc(C)cc3)s2)cc1. The van der Waals surface area contributed by atoms with Crippen molar-refractivity contribution in [3.05, 3.63) is 59.7 Å². The summed E-state index contributed by atoms with van der Waals surface area (Å²) in [5, 5.41) is 16.3. The van der Waals surface area contributed by atoms with Crippen LogP contribution >= 0.6 is 23.1 Å². The Kier molecular flexibility index (Phi) is 7.15. The van der Waals surface area contributed by atoms with Crippen LogP contribution in [0.1, 0.15) is 22.8 Å². The third-order valence-electron chi connectivity index (χ3n) is 3.84. The average molecular weight is 442 g/mol. The van der Waals surface area contributed by atoms with Crippen LogP contribution in [0.15, 0.2) is 52.9 Å². The van der Waals surface area contributed by atoms with Gasteiger partial charge in [0.1, 0.15) is 0 Å². The van der Waals surface area contributed by atoms with Gasteiger partial charge in [0.15, 0.2) is 10.1 Å². The minimum absolute atomic E-state index is 0.0309. The van der Waals surface area contributed by atoms with Crippen LogP contribution in [-0.2, 0) is 4.79 Å². The van der Waals surface area contributed by atoms with Crippen molar-refractivity contribution in [3.8, 4) is 0 Å². The molecule has 0 spiro atoms. The molecule has 0 aliphatic heterocycles. The molecule has 0 aliphatic rings. The number of carbonyl (C=O) groups excluding carboxylic acids is 3. The molecule has 30 heavy (non-hydrogen) atoms. The van der Waals surface area contributed by atoms with Crippen LogP contribution in [0.25, 0.3) is 0 Å². The van der Waals surface area contributed by atoms with E-state index in [1.165, 1.54) is 30.0 Å². The van der Waals surface area contributed by atoms with E-state index in [4.69, 9.17) is 0 Å². The van der Waals surface area contributed by atoms with Crippen molar-refractivity contribution in [2.45, 2.75) is 18.2 Å². The number of Topliss-reactive ketones (excluding diaryl/α,β-unsaturated/α-hetero) is 1. The molecule has 0 fully saturated rings. The number of hydrogen-bond donors (Lipinski definition) is 3. The lowest BCUT2D eigenvalue weighted by molar-refractivity contribution is -0.113. The Bertz CT molecular complexity index is 1050. The molecule has 3 aromatic rings. The van der Waals surface area contributed by atoms with Gasteiger partial charge in [-0.25, -0.2) is 4.79 Å². The standard InChI is InChI=1S/C20H19N5O3S2/c1-12-3-7-16(8-4-12)22-18(28)23-19-24-25-20(30-19)29-11-17(27)21-15-9-5-14(6-10-15)13(2)26/h3-10H,11H2,1-2H3,(H,21,27)(H2,22,23,24,28). The molecule has 0 saturated heterocycles. The molecule has 0 aliphatic carbocycles. The molecule has 0 radical (unpaired) electrons. The van der Waals surface area contributed by atoms with Crippen molar-refractivity contribution in [2.24, 2.45) is 0 Å². The first-order valence-corrected chi connectivity index (χ1v) is 10.7. The fourth-order valence-electron chi connectivity index (χ4n) is 2.33. The van der Waals surface area contributed by atoms with Crippen LogP contribution in [0.4, 0.5) is 21.3 Å². The molecular formula is C20H19N5O3S2. The van der Waals surface area contributed by atoms with Crippen molar-refractivity contribution < 1.29 is 14.4 Å². The lowest BCUT2D eigenvalue weighted by Gasteiger charge is -2.05. The molecule has 0 saturated carbocycles. The molecule has 0 bridgehead atoms. The van der Waals surface area contributed by atoms with Crippen molar-refractivity contribution in [2.75, 3.05) is 21.7 Å². The third kappa shape index (κ3) is 6.39. The number of nitrogens with zero attached hydrogens (tertiary/aromatic N) is 2. The van der Waals surface area contributed by atoms with E-state index in [9.17, 15) is 14.4 Å².